The molecule has 0 aliphatic carbocycles. The number of morpholine rings is 1. The Balaban J connectivity index is 1.57. The zero-order valence-electron chi connectivity index (χ0n) is 16.9. The lowest BCUT2D eigenvalue weighted by Gasteiger charge is -2.26. The molecule has 0 saturated carbocycles. The maximum atomic E-state index is 13.0. The third-order valence-electron chi connectivity index (χ3n) is 5.46. The van der Waals surface area contributed by atoms with Gasteiger partial charge in [-0.25, -0.2) is 0 Å². The monoisotopic (exact) mass is 425 g/mol. The van der Waals surface area contributed by atoms with E-state index in [1.807, 2.05) is 19.1 Å². The van der Waals surface area contributed by atoms with Gasteiger partial charge in [0.15, 0.2) is 0 Å². The predicted molar refractivity (Wildman–Crippen MR) is 120 cm³/mol. The van der Waals surface area contributed by atoms with Gasteiger partial charge in [-0.15, -0.1) is 0 Å². The van der Waals surface area contributed by atoms with Gasteiger partial charge >= 0.3 is 0 Å². The number of hydrogen-bond acceptors (Lipinski definition) is 4. The first-order chi connectivity index (χ1) is 14.5. The number of pyridine rings is 1. The number of carbonyl (C=O) groups excluding carboxylic acids is 1. The first kappa shape index (κ1) is 20.6. The largest absolute Gasteiger partial charge is 0.379 e. The van der Waals surface area contributed by atoms with Gasteiger partial charge in [-0.3, -0.25) is 14.5 Å². The number of anilines is 1. The lowest BCUT2D eigenvalue weighted by molar-refractivity contribution is 0.0363. The first-order valence-electron chi connectivity index (χ1n) is 10.0. The Morgan fingerprint density at radius 1 is 1.10 bits per heavy atom. The molecule has 2 heterocycles. The average Bonchev–Trinajstić information content (AvgIpc) is 2.74. The van der Waals surface area contributed by atoms with Crippen molar-refractivity contribution in [2.75, 3.05) is 38.2 Å². The SMILES string of the molecule is Cc1cc(Cl)ccc1C(=O)Nc1cccc2c(=O)n(CCN3CCOCC3)ccc12. The molecular weight excluding hydrogens is 402 g/mol. The van der Waals surface area contributed by atoms with Gasteiger partial charge in [0.25, 0.3) is 11.5 Å². The Bertz CT molecular complexity index is 1140. The number of nitrogens with zero attached hydrogens (tertiary/aromatic N) is 2. The number of carbonyl (C=O) groups is 1. The fraction of sp³-hybridized carbons (Fsp3) is 0.304. The highest BCUT2D eigenvalue weighted by molar-refractivity contribution is 6.30. The molecule has 7 heteroatoms. The van der Waals surface area contributed by atoms with Crippen molar-refractivity contribution in [1.82, 2.24) is 9.47 Å². The molecule has 1 aliphatic rings. The second-order valence-corrected chi connectivity index (χ2v) is 7.88. The predicted octanol–water partition coefficient (Wildman–Crippen LogP) is 3.55. The van der Waals surface area contributed by atoms with Crippen molar-refractivity contribution in [2.24, 2.45) is 0 Å². The van der Waals surface area contributed by atoms with Crippen molar-refractivity contribution < 1.29 is 9.53 Å². The number of rotatable bonds is 5. The average molecular weight is 426 g/mol. The fourth-order valence-electron chi connectivity index (χ4n) is 3.75. The van der Waals surface area contributed by atoms with E-state index in [1.54, 1.807) is 41.1 Å². The molecule has 1 N–H and O–H groups in total. The summed E-state index contributed by atoms with van der Waals surface area (Å²) in [5, 5.41) is 4.84. The van der Waals surface area contributed by atoms with Crippen LogP contribution >= 0.6 is 11.6 Å². The van der Waals surface area contributed by atoms with Crippen molar-refractivity contribution >= 4 is 34.0 Å². The molecule has 0 radical (unpaired) electrons. The van der Waals surface area contributed by atoms with E-state index in [9.17, 15) is 9.59 Å². The highest BCUT2D eigenvalue weighted by Gasteiger charge is 2.14. The van der Waals surface area contributed by atoms with Gasteiger partial charge < -0.3 is 14.6 Å². The highest BCUT2D eigenvalue weighted by Crippen LogP contribution is 2.23. The molecule has 0 spiro atoms. The Morgan fingerprint density at radius 2 is 1.90 bits per heavy atom. The van der Waals surface area contributed by atoms with Crippen LogP contribution in [0, 0.1) is 6.92 Å². The molecule has 0 bridgehead atoms. The van der Waals surface area contributed by atoms with Gasteiger partial charge in [0, 0.05) is 59.4 Å². The number of amides is 1. The molecule has 1 amide bonds. The number of ether oxygens (including phenoxy) is 1. The van der Waals surface area contributed by atoms with Crippen LogP contribution < -0.4 is 10.9 Å². The second-order valence-electron chi connectivity index (χ2n) is 7.45. The van der Waals surface area contributed by atoms with Crippen LogP contribution in [0.1, 0.15) is 15.9 Å². The summed E-state index contributed by atoms with van der Waals surface area (Å²) in [5.74, 6) is -0.229. The number of benzene rings is 2. The van der Waals surface area contributed by atoms with Crippen LogP contribution in [0.15, 0.2) is 53.5 Å². The molecule has 0 unspecified atom stereocenters. The van der Waals surface area contributed by atoms with Crippen LogP contribution in [0.4, 0.5) is 5.69 Å². The molecule has 1 aromatic heterocycles. The number of nitrogens with one attached hydrogen (secondary N) is 1. The van der Waals surface area contributed by atoms with Crippen LogP contribution in [0.2, 0.25) is 5.02 Å². The minimum absolute atomic E-state index is 0.0560. The van der Waals surface area contributed by atoms with E-state index in [1.165, 1.54) is 0 Å². The van der Waals surface area contributed by atoms with Gasteiger partial charge in [-0.05, 0) is 48.9 Å². The Kier molecular flexibility index (Phi) is 6.18. The van der Waals surface area contributed by atoms with Crippen LogP contribution in [0.5, 0.6) is 0 Å². The van der Waals surface area contributed by atoms with E-state index >= 15 is 0 Å². The summed E-state index contributed by atoms with van der Waals surface area (Å²) in [7, 11) is 0. The van der Waals surface area contributed by atoms with Crippen LogP contribution in [0.25, 0.3) is 10.8 Å². The van der Waals surface area contributed by atoms with E-state index in [0.29, 0.717) is 28.2 Å². The normalized spacial score (nSPS) is 14.7. The number of aromatic nitrogens is 1. The number of hydrogen-bond donors (Lipinski definition) is 1. The molecule has 1 fully saturated rings. The summed E-state index contributed by atoms with van der Waals surface area (Å²) in [6, 6.07) is 12.4. The molecule has 1 saturated heterocycles. The fourth-order valence-corrected chi connectivity index (χ4v) is 3.98. The zero-order valence-corrected chi connectivity index (χ0v) is 17.6. The molecule has 30 heavy (non-hydrogen) atoms. The van der Waals surface area contributed by atoms with Crippen molar-refractivity contribution in [3.05, 3.63) is 75.2 Å². The van der Waals surface area contributed by atoms with E-state index in [-0.39, 0.29) is 11.5 Å². The van der Waals surface area contributed by atoms with Crippen LogP contribution in [0.3, 0.4) is 0 Å². The minimum Gasteiger partial charge on any atom is -0.379 e. The lowest BCUT2D eigenvalue weighted by Crippen LogP contribution is -2.39. The van der Waals surface area contributed by atoms with Gasteiger partial charge in [0.1, 0.15) is 0 Å². The van der Waals surface area contributed by atoms with Gasteiger partial charge in [0.2, 0.25) is 0 Å². The summed E-state index contributed by atoms with van der Waals surface area (Å²) in [5.41, 5.74) is 1.91. The van der Waals surface area contributed by atoms with Crippen molar-refractivity contribution in [3.63, 3.8) is 0 Å². The Morgan fingerprint density at radius 3 is 2.67 bits per heavy atom. The topological polar surface area (TPSA) is 63.6 Å². The number of aryl methyl sites for hydroxylation is 1. The first-order valence-corrected chi connectivity index (χ1v) is 10.4. The maximum Gasteiger partial charge on any atom is 0.258 e. The summed E-state index contributed by atoms with van der Waals surface area (Å²) in [6.45, 7) is 6.53. The van der Waals surface area contributed by atoms with Crippen molar-refractivity contribution in [1.29, 1.82) is 0 Å². The summed E-state index contributed by atoms with van der Waals surface area (Å²) in [6.07, 6.45) is 1.80. The van der Waals surface area contributed by atoms with E-state index < -0.39 is 0 Å². The second kappa shape index (κ2) is 9.00. The maximum absolute atomic E-state index is 13.0. The molecule has 1 aliphatic heterocycles. The summed E-state index contributed by atoms with van der Waals surface area (Å²) in [4.78, 5) is 28.1. The van der Waals surface area contributed by atoms with E-state index in [2.05, 4.69) is 10.2 Å². The smallest absolute Gasteiger partial charge is 0.258 e. The molecule has 0 atom stereocenters. The highest BCUT2D eigenvalue weighted by atomic mass is 35.5. The van der Waals surface area contributed by atoms with E-state index in [4.69, 9.17) is 16.3 Å². The van der Waals surface area contributed by atoms with Crippen LogP contribution in [-0.4, -0.2) is 48.2 Å². The molecular formula is C23H24ClN3O3. The number of halogens is 1. The Hall–Kier alpha value is -2.67. The third kappa shape index (κ3) is 4.41. The van der Waals surface area contributed by atoms with Gasteiger partial charge in [0.05, 0.1) is 13.2 Å². The number of fused-ring (bicyclic) bond motifs is 1. The van der Waals surface area contributed by atoms with Gasteiger partial charge in [-0.2, -0.15) is 0 Å². The Labute approximate surface area is 180 Å². The molecule has 4 rings (SSSR count). The minimum atomic E-state index is -0.229. The molecule has 2 aromatic carbocycles. The lowest BCUT2D eigenvalue weighted by atomic mass is 10.1. The summed E-state index contributed by atoms with van der Waals surface area (Å²) < 4.78 is 7.10. The third-order valence-corrected chi connectivity index (χ3v) is 5.70. The molecule has 3 aromatic rings. The quantitative estimate of drug-likeness (QED) is 0.679. The molecule has 156 valence electrons. The van der Waals surface area contributed by atoms with Crippen molar-refractivity contribution in [2.45, 2.75) is 13.5 Å². The standard InChI is InChI=1S/C23H24ClN3O3/c1-16-15-17(24)5-6-18(16)22(28)25-21-4-2-3-20-19(21)7-8-27(23(20)29)10-9-26-11-13-30-14-12-26/h2-8,15H,9-14H2,1H3,(H,25,28). The summed E-state index contributed by atoms with van der Waals surface area (Å²) >= 11 is 5.99. The van der Waals surface area contributed by atoms with Crippen LogP contribution in [-0.2, 0) is 11.3 Å². The molecule has 6 nitrogen and oxygen atoms in total. The van der Waals surface area contributed by atoms with Crippen molar-refractivity contribution in [3.8, 4) is 0 Å². The van der Waals surface area contributed by atoms with Gasteiger partial charge in [-0.1, -0.05) is 17.7 Å². The van der Waals surface area contributed by atoms with E-state index in [0.717, 1.165) is 43.8 Å². The zero-order chi connectivity index (χ0) is 21.1.